The zero-order chi connectivity index (χ0) is 16.9. The minimum atomic E-state index is -4.44. The van der Waals surface area contributed by atoms with Gasteiger partial charge in [0.25, 0.3) is 5.91 Å². The third kappa shape index (κ3) is 5.27. The molecule has 0 bridgehead atoms. The van der Waals surface area contributed by atoms with Crippen LogP contribution in [0.15, 0.2) is 24.3 Å². The molecule has 0 saturated carbocycles. The molecule has 0 radical (unpaired) electrons. The first-order valence-corrected chi connectivity index (χ1v) is 6.43. The highest BCUT2D eigenvalue weighted by Gasteiger charge is 2.30. The Morgan fingerprint density at radius 3 is 2.18 bits per heavy atom. The standard InChI is InChI=1S/C14H16F3NO4/c1-8(2)12(13(20)21)18-11(19)7-22-10-5-3-9(4-6-10)14(15,16)17/h3-6,8,12H,7H2,1-2H3,(H,18,19)(H,20,21). The topological polar surface area (TPSA) is 75.6 Å². The lowest BCUT2D eigenvalue weighted by atomic mass is 10.1. The molecule has 0 spiro atoms. The van der Waals surface area contributed by atoms with E-state index in [-0.39, 0.29) is 11.7 Å². The fourth-order valence-electron chi connectivity index (χ4n) is 1.62. The van der Waals surface area contributed by atoms with Crippen LogP contribution in [0.1, 0.15) is 19.4 Å². The maximum atomic E-state index is 12.4. The van der Waals surface area contributed by atoms with Crippen LogP contribution in [0.2, 0.25) is 0 Å². The van der Waals surface area contributed by atoms with Crippen molar-refractivity contribution in [1.82, 2.24) is 5.32 Å². The lowest BCUT2D eigenvalue weighted by Crippen LogP contribution is -2.46. The molecule has 1 rings (SSSR count). The zero-order valence-corrected chi connectivity index (χ0v) is 12.0. The van der Waals surface area contributed by atoms with Crippen LogP contribution < -0.4 is 10.1 Å². The highest BCUT2D eigenvalue weighted by molar-refractivity contribution is 5.84. The van der Waals surface area contributed by atoms with Crippen LogP contribution in [0.3, 0.4) is 0 Å². The van der Waals surface area contributed by atoms with E-state index in [2.05, 4.69) is 5.32 Å². The summed E-state index contributed by atoms with van der Waals surface area (Å²) in [6.07, 6.45) is -4.44. The molecule has 5 nitrogen and oxygen atoms in total. The molecule has 1 aromatic rings. The molecular formula is C14H16F3NO4. The molecule has 1 aromatic carbocycles. The van der Waals surface area contributed by atoms with Crippen LogP contribution in [-0.4, -0.2) is 29.6 Å². The smallest absolute Gasteiger partial charge is 0.416 e. The quantitative estimate of drug-likeness (QED) is 0.844. The first kappa shape index (κ1) is 17.8. The van der Waals surface area contributed by atoms with Crippen molar-refractivity contribution in [3.05, 3.63) is 29.8 Å². The van der Waals surface area contributed by atoms with Crippen LogP contribution in [-0.2, 0) is 15.8 Å². The number of rotatable bonds is 6. The predicted octanol–water partition coefficient (Wildman–Crippen LogP) is 2.31. The Hall–Kier alpha value is -2.25. The molecule has 0 aromatic heterocycles. The number of ether oxygens (including phenoxy) is 1. The van der Waals surface area contributed by atoms with Crippen LogP contribution in [0, 0.1) is 5.92 Å². The summed E-state index contributed by atoms with van der Waals surface area (Å²) >= 11 is 0. The number of aliphatic carboxylic acids is 1. The number of alkyl halides is 3. The van der Waals surface area contributed by atoms with E-state index in [4.69, 9.17) is 9.84 Å². The zero-order valence-electron chi connectivity index (χ0n) is 12.0. The minimum Gasteiger partial charge on any atom is -0.484 e. The maximum absolute atomic E-state index is 12.4. The van der Waals surface area contributed by atoms with Gasteiger partial charge in [-0.2, -0.15) is 13.2 Å². The average molecular weight is 319 g/mol. The maximum Gasteiger partial charge on any atom is 0.416 e. The molecule has 0 heterocycles. The number of carbonyl (C=O) groups excluding carboxylic acids is 1. The molecule has 0 aliphatic heterocycles. The van der Waals surface area contributed by atoms with Gasteiger partial charge in [0.2, 0.25) is 0 Å². The van der Waals surface area contributed by atoms with Gasteiger partial charge in [-0.15, -0.1) is 0 Å². The van der Waals surface area contributed by atoms with E-state index in [1.807, 2.05) is 0 Å². The Balaban J connectivity index is 2.55. The van der Waals surface area contributed by atoms with Crippen molar-refractivity contribution in [2.75, 3.05) is 6.61 Å². The first-order valence-electron chi connectivity index (χ1n) is 6.43. The van der Waals surface area contributed by atoms with Crippen LogP contribution in [0.5, 0.6) is 5.75 Å². The average Bonchev–Trinajstić information content (AvgIpc) is 2.41. The highest BCUT2D eigenvalue weighted by atomic mass is 19.4. The number of carbonyl (C=O) groups is 2. The van der Waals surface area contributed by atoms with Gasteiger partial charge in [-0.1, -0.05) is 13.8 Å². The van der Waals surface area contributed by atoms with Crippen molar-refractivity contribution in [3.8, 4) is 5.75 Å². The van der Waals surface area contributed by atoms with E-state index in [0.717, 1.165) is 24.3 Å². The summed E-state index contributed by atoms with van der Waals surface area (Å²) in [7, 11) is 0. The number of benzene rings is 1. The second kappa shape index (κ2) is 7.15. The Bertz CT molecular complexity index is 526. The normalized spacial score (nSPS) is 12.8. The van der Waals surface area contributed by atoms with Gasteiger partial charge < -0.3 is 15.2 Å². The third-order valence-electron chi connectivity index (χ3n) is 2.80. The van der Waals surface area contributed by atoms with E-state index < -0.39 is 36.3 Å². The lowest BCUT2D eigenvalue weighted by molar-refractivity contribution is -0.143. The molecule has 122 valence electrons. The summed E-state index contributed by atoms with van der Waals surface area (Å²) in [5.41, 5.74) is -0.824. The molecule has 1 atom stereocenters. The minimum absolute atomic E-state index is 0.0829. The Kier molecular flexibility index (Phi) is 5.78. The molecule has 1 unspecified atom stereocenters. The van der Waals surface area contributed by atoms with Crippen molar-refractivity contribution in [3.63, 3.8) is 0 Å². The number of hydrogen-bond acceptors (Lipinski definition) is 3. The van der Waals surface area contributed by atoms with E-state index >= 15 is 0 Å². The van der Waals surface area contributed by atoms with Crippen LogP contribution >= 0.6 is 0 Å². The Morgan fingerprint density at radius 2 is 1.77 bits per heavy atom. The summed E-state index contributed by atoms with van der Waals surface area (Å²) in [6, 6.07) is 2.80. The van der Waals surface area contributed by atoms with Crippen LogP contribution in [0.4, 0.5) is 13.2 Å². The number of carboxylic acids is 1. The number of hydrogen-bond donors (Lipinski definition) is 2. The van der Waals surface area contributed by atoms with Crippen molar-refractivity contribution in [2.24, 2.45) is 5.92 Å². The molecule has 0 saturated heterocycles. The summed E-state index contributed by atoms with van der Waals surface area (Å²) in [4.78, 5) is 22.5. The van der Waals surface area contributed by atoms with Gasteiger partial charge in [0, 0.05) is 0 Å². The second-order valence-corrected chi connectivity index (χ2v) is 4.94. The van der Waals surface area contributed by atoms with Gasteiger partial charge in [-0.25, -0.2) is 4.79 Å². The lowest BCUT2D eigenvalue weighted by Gasteiger charge is -2.18. The van der Waals surface area contributed by atoms with E-state index in [0.29, 0.717) is 0 Å². The molecule has 0 aliphatic rings. The molecule has 0 fully saturated rings. The van der Waals surface area contributed by atoms with Gasteiger partial charge in [0.1, 0.15) is 11.8 Å². The molecular weight excluding hydrogens is 303 g/mol. The molecule has 22 heavy (non-hydrogen) atoms. The summed E-state index contributed by atoms with van der Waals surface area (Å²) in [5, 5.41) is 11.2. The summed E-state index contributed by atoms with van der Waals surface area (Å²) < 4.78 is 42.1. The molecule has 1 amide bonds. The second-order valence-electron chi connectivity index (χ2n) is 4.94. The number of nitrogens with one attached hydrogen (secondary N) is 1. The Morgan fingerprint density at radius 1 is 1.23 bits per heavy atom. The summed E-state index contributed by atoms with van der Waals surface area (Å²) in [6.45, 7) is 2.79. The fourth-order valence-corrected chi connectivity index (χ4v) is 1.62. The van der Waals surface area contributed by atoms with Gasteiger partial charge >= 0.3 is 12.1 Å². The van der Waals surface area contributed by atoms with Gasteiger partial charge in [0.15, 0.2) is 6.61 Å². The van der Waals surface area contributed by atoms with E-state index in [1.165, 1.54) is 0 Å². The van der Waals surface area contributed by atoms with Gasteiger partial charge in [0.05, 0.1) is 5.56 Å². The highest BCUT2D eigenvalue weighted by Crippen LogP contribution is 2.30. The van der Waals surface area contributed by atoms with Gasteiger partial charge in [-0.05, 0) is 30.2 Å². The largest absolute Gasteiger partial charge is 0.484 e. The fraction of sp³-hybridized carbons (Fsp3) is 0.429. The molecule has 8 heteroatoms. The van der Waals surface area contributed by atoms with Crippen LogP contribution in [0.25, 0.3) is 0 Å². The number of halogens is 3. The first-order chi connectivity index (χ1) is 10.1. The molecule has 2 N–H and O–H groups in total. The van der Waals surface area contributed by atoms with Crippen molar-refractivity contribution in [2.45, 2.75) is 26.1 Å². The van der Waals surface area contributed by atoms with Crippen molar-refractivity contribution < 1.29 is 32.6 Å². The van der Waals surface area contributed by atoms with E-state index in [1.54, 1.807) is 13.8 Å². The summed E-state index contributed by atoms with van der Waals surface area (Å²) in [5.74, 6) is -2.06. The molecule has 0 aliphatic carbocycles. The monoisotopic (exact) mass is 319 g/mol. The van der Waals surface area contributed by atoms with Crippen molar-refractivity contribution >= 4 is 11.9 Å². The van der Waals surface area contributed by atoms with E-state index in [9.17, 15) is 22.8 Å². The predicted molar refractivity (Wildman–Crippen MR) is 71.3 cm³/mol. The Labute approximate surface area is 125 Å². The SMILES string of the molecule is CC(C)C(NC(=O)COc1ccc(C(F)(F)F)cc1)C(=O)O. The van der Waals surface area contributed by atoms with Crippen molar-refractivity contribution in [1.29, 1.82) is 0 Å². The number of amides is 1. The number of carboxylic acid groups (broad SMARTS) is 1. The van der Waals surface area contributed by atoms with Gasteiger partial charge in [-0.3, -0.25) is 4.79 Å². The third-order valence-corrected chi connectivity index (χ3v) is 2.80.